The van der Waals surface area contributed by atoms with Crippen molar-refractivity contribution in [3.63, 3.8) is 0 Å². The molecule has 0 saturated carbocycles. The second kappa shape index (κ2) is 19.3. The molecule has 270 valence electrons. The summed E-state index contributed by atoms with van der Waals surface area (Å²) in [5.41, 5.74) is 6.01. The number of nitrogens with zero attached hydrogens (tertiary/aromatic N) is 2. The Labute approximate surface area is 296 Å². The van der Waals surface area contributed by atoms with E-state index in [0.717, 1.165) is 54.7 Å². The summed E-state index contributed by atoms with van der Waals surface area (Å²) in [4.78, 5) is 39.6. The lowest BCUT2D eigenvalue weighted by Crippen LogP contribution is -2.33. The van der Waals surface area contributed by atoms with E-state index in [0.29, 0.717) is 38.0 Å². The van der Waals surface area contributed by atoms with Gasteiger partial charge in [-0.15, -0.1) is 0 Å². The molecule has 2 amide bonds. The zero-order valence-electron chi connectivity index (χ0n) is 28.4. The Morgan fingerprint density at radius 2 is 1.37 bits per heavy atom. The Hall–Kier alpha value is -5.16. The van der Waals surface area contributed by atoms with Crippen molar-refractivity contribution in [2.75, 3.05) is 32.7 Å². The number of hydrogen-bond donors (Lipinski definition) is 3. The molecule has 0 atom stereocenters. The highest BCUT2D eigenvalue weighted by Crippen LogP contribution is 2.23. The summed E-state index contributed by atoms with van der Waals surface area (Å²) in [5, 5.41) is 19.9. The second-order valence-corrected chi connectivity index (χ2v) is 12.5. The van der Waals surface area contributed by atoms with Gasteiger partial charge in [-0.25, -0.2) is 4.79 Å². The van der Waals surface area contributed by atoms with Gasteiger partial charge in [-0.3, -0.25) is 9.59 Å². The lowest BCUT2D eigenvalue weighted by Gasteiger charge is -2.23. The van der Waals surface area contributed by atoms with Crippen LogP contribution in [-0.2, 0) is 29.0 Å². The number of carboxylic acids is 1. The maximum Gasteiger partial charge on any atom is 0.490 e. The molecule has 1 heterocycles. The number of halogens is 3. The number of carbonyl (C=O) groups is 3. The third-order valence-electron chi connectivity index (χ3n) is 8.57. The number of likely N-dealkylation sites (tertiary alicyclic amines) is 1. The van der Waals surface area contributed by atoms with Gasteiger partial charge in [0.05, 0.1) is 0 Å². The molecule has 0 aromatic heterocycles. The van der Waals surface area contributed by atoms with Gasteiger partial charge < -0.3 is 25.3 Å². The molecule has 1 aliphatic rings. The molecule has 4 aromatic carbocycles. The van der Waals surface area contributed by atoms with Crippen molar-refractivity contribution in [2.24, 2.45) is 0 Å². The predicted molar refractivity (Wildman–Crippen MR) is 190 cm³/mol. The number of benzene rings is 4. The van der Waals surface area contributed by atoms with Gasteiger partial charge in [0.2, 0.25) is 5.91 Å². The van der Waals surface area contributed by atoms with Crippen LogP contribution in [-0.4, -0.2) is 76.7 Å². The molecule has 51 heavy (non-hydrogen) atoms. The minimum absolute atomic E-state index is 0.0521. The molecule has 0 bridgehead atoms. The highest BCUT2D eigenvalue weighted by Gasteiger charge is 2.38. The van der Waals surface area contributed by atoms with Crippen LogP contribution in [0.25, 0.3) is 11.1 Å². The lowest BCUT2D eigenvalue weighted by atomic mass is 10.0. The molecule has 1 aliphatic heterocycles. The number of hydrogen-bond acceptors (Lipinski definition) is 5. The number of carbonyl (C=O) groups excluding carboxylic acids is 2. The van der Waals surface area contributed by atoms with Crippen molar-refractivity contribution < 1.29 is 37.8 Å². The maximum atomic E-state index is 13.5. The van der Waals surface area contributed by atoms with Crippen LogP contribution in [0.3, 0.4) is 0 Å². The molecule has 0 aliphatic carbocycles. The van der Waals surface area contributed by atoms with Crippen LogP contribution in [0.1, 0.15) is 52.7 Å². The zero-order valence-corrected chi connectivity index (χ0v) is 28.4. The minimum Gasteiger partial charge on any atom is -0.508 e. The molecule has 1 saturated heterocycles. The van der Waals surface area contributed by atoms with E-state index in [1.54, 1.807) is 12.1 Å². The van der Waals surface area contributed by atoms with E-state index in [9.17, 15) is 27.9 Å². The van der Waals surface area contributed by atoms with Crippen molar-refractivity contribution in [1.29, 1.82) is 0 Å². The number of aliphatic carboxylic acids is 1. The Morgan fingerprint density at radius 3 is 2.04 bits per heavy atom. The molecule has 3 N–H and O–H groups in total. The fraction of sp³-hybridized carbons (Fsp3) is 0.325. The van der Waals surface area contributed by atoms with Crippen molar-refractivity contribution in [3.05, 3.63) is 125 Å². The smallest absolute Gasteiger partial charge is 0.490 e. The van der Waals surface area contributed by atoms with Crippen molar-refractivity contribution in [2.45, 2.75) is 51.2 Å². The van der Waals surface area contributed by atoms with Gasteiger partial charge in [-0.1, -0.05) is 72.8 Å². The molecule has 0 radical (unpaired) electrons. The number of amides is 2. The maximum absolute atomic E-state index is 13.5. The fourth-order valence-electron chi connectivity index (χ4n) is 5.81. The predicted octanol–water partition coefficient (Wildman–Crippen LogP) is 7.11. The van der Waals surface area contributed by atoms with E-state index in [-0.39, 0.29) is 17.6 Å². The van der Waals surface area contributed by atoms with E-state index >= 15 is 0 Å². The van der Waals surface area contributed by atoms with Crippen molar-refractivity contribution in [3.8, 4) is 16.9 Å². The monoisotopic (exact) mass is 703 g/mol. The standard InChI is InChI=1S/C38H43N3O3.C2HF3O2/c42-36-19-17-31(18-20-36)21-25-41(37(43)16-7-11-30-9-2-1-3-10-30)29-32-12-6-13-33(27-32)34-14-8-15-35(28-34)38(44)39-22-26-40-23-4-5-24-40;3-2(4,5)1(6)7/h1-3,6,8-10,12-15,17-20,27-28,42H,4-5,7,11,16,21-26,29H2,(H,39,44);(H,6,7). The van der Waals surface area contributed by atoms with Gasteiger partial charge in [0.25, 0.3) is 5.91 Å². The van der Waals surface area contributed by atoms with Crippen LogP contribution < -0.4 is 5.32 Å². The number of carboxylic acid groups (broad SMARTS) is 1. The molecule has 4 aromatic rings. The first-order valence-electron chi connectivity index (χ1n) is 17.1. The first-order valence-corrected chi connectivity index (χ1v) is 17.1. The highest BCUT2D eigenvalue weighted by atomic mass is 19.4. The molecule has 0 spiro atoms. The SMILES string of the molecule is O=C(NCCN1CCCC1)c1cccc(-c2cccc(CN(CCc3ccc(O)cc3)C(=O)CCCc3ccccc3)c2)c1.O=C(O)C(F)(F)F. The Morgan fingerprint density at radius 1 is 0.765 bits per heavy atom. The number of alkyl halides is 3. The van der Waals surface area contributed by atoms with E-state index in [4.69, 9.17) is 9.90 Å². The molecular formula is C40H44F3N3O5. The van der Waals surface area contributed by atoms with E-state index in [1.165, 1.54) is 18.4 Å². The van der Waals surface area contributed by atoms with Crippen LogP contribution in [0.5, 0.6) is 5.75 Å². The van der Waals surface area contributed by atoms with Crippen LogP contribution in [0.15, 0.2) is 103 Å². The number of aromatic hydroxyl groups is 1. The second-order valence-electron chi connectivity index (χ2n) is 12.5. The number of rotatable bonds is 14. The third-order valence-corrected chi connectivity index (χ3v) is 8.57. The molecule has 1 fully saturated rings. The van der Waals surface area contributed by atoms with Crippen LogP contribution in [0.4, 0.5) is 13.2 Å². The Balaban J connectivity index is 0.000000755. The molecule has 5 rings (SSSR count). The molecule has 0 unspecified atom stereocenters. The van der Waals surface area contributed by atoms with Gasteiger partial charge in [-0.2, -0.15) is 13.2 Å². The summed E-state index contributed by atoms with van der Waals surface area (Å²) in [7, 11) is 0. The topological polar surface area (TPSA) is 110 Å². The van der Waals surface area contributed by atoms with Gasteiger partial charge >= 0.3 is 12.1 Å². The van der Waals surface area contributed by atoms with Crippen molar-refractivity contribution in [1.82, 2.24) is 15.1 Å². The van der Waals surface area contributed by atoms with Crippen LogP contribution in [0.2, 0.25) is 0 Å². The third kappa shape index (κ3) is 13.2. The van der Waals surface area contributed by atoms with Crippen LogP contribution in [0, 0.1) is 0 Å². The lowest BCUT2D eigenvalue weighted by molar-refractivity contribution is -0.192. The van der Waals surface area contributed by atoms with Gasteiger partial charge in [0.15, 0.2) is 0 Å². The minimum atomic E-state index is -5.08. The summed E-state index contributed by atoms with van der Waals surface area (Å²) < 4.78 is 31.7. The summed E-state index contributed by atoms with van der Waals surface area (Å²) in [6.45, 7) is 4.88. The van der Waals surface area contributed by atoms with Gasteiger partial charge in [-0.05, 0) is 103 Å². The van der Waals surface area contributed by atoms with Crippen molar-refractivity contribution >= 4 is 17.8 Å². The Bertz CT molecular complexity index is 1710. The average Bonchev–Trinajstić information content (AvgIpc) is 3.65. The normalized spacial score (nSPS) is 12.8. The van der Waals surface area contributed by atoms with E-state index < -0.39 is 12.1 Å². The number of phenolic OH excluding ortho intramolecular Hbond substituents is 1. The Kier molecular flexibility index (Phi) is 14.6. The molecular weight excluding hydrogens is 659 g/mol. The first kappa shape index (κ1) is 38.6. The van der Waals surface area contributed by atoms with Gasteiger partial charge in [0.1, 0.15) is 5.75 Å². The molecule has 11 heteroatoms. The summed E-state index contributed by atoms with van der Waals surface area (Å²) in [6.07, 6.45) is 0.265. The summed E-state index contributed by atoms with van der Waals surface area (Å²) >= 11 is 0. The summed E-state index contributed by atoms with van der Waals surface area (Å²) in [5.74, 6) is -2.43. The number of aryl methyl sites for hydroxylation is 1. The van der Waals surface area contributed by atoms with Gasteiger partial charge in [0, 0.05) is 38.2 Å². The largest absolute Gasteiger partial charge is 0.508 e. The van der Waals surface area contributed by atoms with E-state index in [1.807, 2.05) is 65.6 Å². The highest BCUT2D eigenvalue weighted by molar-refractivity contribution is 5.95. The average molecular weight is 704 g/mol. The quantitative estimate of drug-likeness (QED) is 0.129. The zero-order chi connectivity index (χ0) is 36.6. The number of nitrogens with one attached hydrogen (secondary N) is 1. The fourth-order valence-corrected chi connectivity index (χ4v) is 5.81. The summed E-state index contributed by atoms with van der Waals surface area (Å²) in [6, 6.07) is 33.5. The molecule has 8 nitrogen and oxygen atoms in total. The first-order chi connectivity index (χ1) is 24.5. The van der Waals surface area contributed by atoms with Crippen LogP contribution >= 0.6 is 0 Å². The van der Waals surface area contributed by atoms with E-state index in [2.05, 4.69) is 40.5 Å². The number of phenols is 1.